The second-order valence-corrected chi connectivity index (χ2v) is 9.14. The Morgan fingerprint density at radius 2 is 1.81 bits per heavy atom. The van der Waals surface area contributed by atoms with Gasteiger partial charge in [-0.3, -0.25) is 9.89 Å². The van der Waals surface area contributed by atoms with Crippen molar-refractivity contribution in [3.63, 3.8) is 0 Å². The lowest BCUT2D eigenvalue weighted by atomic mass is 9.72. The first-order valence-electron chi connectivity index (χ1n) is 11.6. The summed E-state index contributed by atoms with van der Waals surface area (Å²) in [6.45, 7) is 13.4. The normalized spacial score (nSPS) is 22.0. The van der Waals surface area contributed by atoms with Crippen LogP contribution in [0.1, 0.15) is 37.8 Å². The van der Waals surface area contributed by atoms with Gasteiger partial charge in [-0.15, -0.1) is 0 Å². The lowest BCUT2D eigenvalue weighted by molar-refractivity contribution is -0.0180. The summed E-state index contributed by atoms with van der Waals surface area (Å²) >= 11 is 0. The Hall–Kier alpha value is -1.67. The number of hydrogen-bond donors (Lipinski definition) is 3. The van der Waals surface area contributed by atoms with E-state index in [1.807, 2.05) is 6.92 Å². The van der Waals surface area contributed by atoms with Crippen molar-refractivity contribution in [2.75, 3.05) is 65.7 Å². The van der Waals surface area contributed by atoms with E-state index < -0.39 is 5.60 Å². The predicted molar refractivity (Wildman–Crippen MR) is 125 cm³/mol. The second kappa shape index (κ2) is 11.3. The van der Waals surface area contributed by atoms with E-state index in [2.05, 4.69) is 53.6 Å². The highest BCUT2D eigenvalue weighted by molar-refractivity contribution is 5.80. The Kier molecular flexibility index (Phi) is 8.72. The SMILES string of the molecule is CCNC(=NCC(C)(O)CN1CCOCC1)NCC1(c2ccccc2C)CCOCC1. The molecule has 0 saturated carbocycles. The number of nitrogens with zero attached hydrogens (tertiary/aromatic N) is 2. The molecular weight excluding hydrogens is 392 g/mol. The van der Waals surface area contributed by atoms with Gasteiger partial charge in [-0.05, 0) is 44.7 Å². The minimum atomic E-state index is -0.883. The van der Waals surface area contributed by atoms with Crippen LogP contribution in [-0.4, -0.2) is 87.3 Å². The summed E-state index contributed by atoms with van der Waals surface area (Å²) in [6.07, 6.45) is 1.97. The summed E-state index contributed by atoms with van der Waals surface area (Å²) < 4.78 is 11.1. The Bertz CT molecular complexity index is 711. The number of β-amino-alcohol motifs (C(OH)–C–C–N with tert-alkyl or cyclic N) is 1. The molecule has 2 aliphatic rings. The molecule has 174 valence electrons. The number of benzene rings is 1. The fraction of sp³-hybridized carbons (Fsp3) is 0.708. The topological polar surface area (TPSA) is 78.4 Å². The van der Waals surface area contributed by atoms with E-state index in [-0.39, 0.29) is 5.41 Å². The van der Waals surface area contributed by atoms with Gasteiger partial charge < -0.3 is 25.2 Å². The van der Waals surface area contributed by atoms with Gasteiger partial charge >= 0.3 is 0 Å². The molecule has 7 nitrogen and oxygen atoms in total. The van der Waals surface area contributed by atoms with Crippen LogP contribution >= 0.6 is 0 Å². The van der Waals surface area contributed by atoms with Gasteiger partial charge in [-0.25, -0.2) is 0 Å². The Labute approximate surface area is 187 Å². The Morgan fingerprint density at radius 3 is 2.48 bits per heavy atom. The van der Waals surface area contributed by atoms with Crippen LogP contribution < -0.4 is 10.6 Å². The van der Waals surface area contributed by atoms with Crippen molar-refractivity contribution >= 4 is 5.96 Å². The number of hydrogen-bond acceptors (Lipinski definition) is 5. The smallest absolute Gasteiger partial charge is 0.191 e. The van der Waals surface area contributed by atoms with E-state index in [4.69, 9.17) is 14.5 Å². The number of aliphatic imine (C=N–C) groups is 1. The predicted octanol–water partition coefficient (Wildman–Crippen LogP) is 1.68. The van der Waals surface area contributed by atoms with Crippen molar-refractivity contribution in [1.82, 2.24) is 15.5 Å². The van der Waals surface area contributed by atoms with Crippen molar-refractivity contribution in [2.45, 2.75) is 44.6 Å². The third-order valence-corrected chi connectivity index (χ3v) is 6.35. The highest BCUT2D eigenvalue weighted by Crippen LogP contribution is 2.36. The van der Waals surface area contributed by atoms with Gasteiger partial charge in [0.15, 0.2) is 5.96 Å². The molecule has 3 rings (SSSR count). The molecule has 2 aliphatic heterocycles. The standard InChI is InChI=1S/C24H40N4O3/c1-4-25-22(26-17-23(3,29)19-28-11-15-31-16-12-28)27-18-24(9-13-30-14-10-24)21-8-6-5-7-20(21)2/h5-8,29H,4,9-19H2,1-3H3,(H2,25,26,27). The van der Waals surface area contributed by atoms with Crippen LogP contribution in [0.15, 0.2) is 29.3 Å². The summed E-state index contributed by atoms with van der Waals surface area (Å²) in [6, 6.07) is 8.66. The molecule has 1 aromatic rings. The molecule has 0 bridgehead atoms. The van der Waals surface area contributed by atoms with Gasteiger partial charge in [0, 0.05) is 51.4 Å². The van der Waals surface area contributed by atoms with Crippen molar-refractivity contribution in [3.8, 4) is 0 Å². The summed E-state index contributed by atoms with van der Waals surface area (Å²) in [7, 11) is 0. The fourth-order valence-corrected chi connectivity index (χ4v) is 4.61. The number of ether oxygens (including phenoxy) is 2. The van der Waals surface area contributed by atoms with E-state index in [1.165, 1.54) is 11.1 Å². The van der Waals surface area contributed by atoms with Crippen LogP contribution in [0.4, 0.5) is 0 Å². The van der Waals surface area contributed by atoms with E-state index in [0.29, 0.717) is 13.1 Å². The fourth-order valence-electron chi connectivity index (χ4n) is 4.61. The van der Waals surface area contributed by atoms with E-state index >= 15 is 0 Å². The average molecular weight is 433 g/mol. The van der Waals surface area contributed by atoms with Crippen LogP contribution in [-0.2, 0) is 14.9 Å². The van der Waals surface area contributed by atoms with Gasteiger partial charge in [0.1, 0.15) is 0 Å². The largest absolute Gasteiger partial charge is 0.387 e. The van der Waals surface area contributed by atoms with Gasteiger partial charge in [0.25, 0.3) is 0 Å². The molecule has 0 amide bonds. The average Bonchev–Trinajstić information content (AvgIpc) is 2.77. The van der Waals surface area contributed by atoms with Crippen molar-refractivity contribution < 1.29 is 14.6 Å². The highest BCUT2D eigenvalue weighted by Gasteiger charge is 2.35. The molecule has 31 heavy (non-hydrogen) atoms. The number of guanidine groups is 1. The second-order valence-electron chi connectivity index (χ2n) is 9.14. The number of aliphatic hydroxyl groups is 1. The molecule has 0 radical (unpaired) electrons. The number of rotatable bonds is 8. The third kappa shape index (κ3) is 6.91. The maximum Gasteiger partial charge on any atom is 0.191 e. The molecule has 1 atom stereocenters. The van der Waals surface area contributed by atoms with Crippen LogP contribution in [0.3, 0.4) is 0 Å². The molecule has 0 aliphatic carbocycles. The highest BCUT2D eigenvalue weighted by atomic mass is 16.5. The van der Waals surface area contributed by atoms with E-state index in [9.17, 15) is 5.11 Å². The molecule has 2 fully saturated rings. The molecule has 0 aromatic heterocycles. The first-order chi connectivity index (χ1) is 14.9. The van der Waals surface area contributed by atoms with Crippen LogP contribution in [0, 0.1) is 6.92 Å². The van der Waals surface area contributed by atoms with Crippen molar-refractivity contribution in [3.05, 3.63) is 35.4 Å². The van der Waals surface area contributed by atoms with E-state index in [1.54, 1.807) is 0 Å². The van der Waals surface area contributed by atoms with Crippen LogP contribution in [0.2, 0.25) is 0 Å². The van der Waals surface area contributed by atoms with Gasteiger partial charge in [-0.1, -0.05) is 24.3 Å². The summed E-state index contributed by atoms with van der Waals surface area (Å²) in [5, 5.41) is 17.8. The van der Waals surface area contributed by atoms with Gasteiger partial charge in [-0.2, -0.15) is 0 Å². The Morgan fingerprint density at radius 1 is 1.13 bits per heavy atom. The van der Waals surface area contributed by atoms with Gasteiger partial charge in [0.2, 0.25) is 0 Å². The van der Waals surface area contributed by atoms with Crippen molar-refractivity contribution in [2.24, 2.45) is 4.99 Å². The van der Waals surface area contributed by atoms with Crippen LogP contribution in [0.25, 0.3) is 0 Å². The quantitative estimate of drug-likeness (QED) is 0.429. The molecule has 7 heteroatoms. The molecular formula is C24H40N4O3. The molecule has 3 N–H and O–H groups in total. The summed E-state index contributed by atoms with van der Waals surface area (Å²) in [4.78, 5) is 6.98. The zero-order valence-electron chi connectivity index (χ0n) is 19.5. The van der Waals surface area contributed by atoms with Crippen LogP contribution in [0.5, 0.6) is 0 Å². The minimum absolute atomic E-state index is 0.0239. The third-order valence-electron chi connectivity index (χ3n) is 6.35. The van der Waals surface area contributed by atoms with Crippen molar-refractivity contribution in [1.29, 1.82) is 0 Å². The maximum atomic E-state index is 10.9. The number of morpholine rings is 1. The number of aryl methyl sites for hydroxylation is 1. The summed E-state index contributed by atoms with van der Waals surface area (Å²) in [5.41, 5.74) is 1.85. The monoisotopic (exact) mass is 432 g/mol. The number of nitrogens with one attached hydrogen (secondary N) is 2. The maximum absolute atomic E-state index is 10.9. The lowest BCUT2D eigenvalue weighted by Crippen LogP contribution is -2.50. The molecule has 1 unspecified atom stereocenters. The first-order valence-corrected chi connectivity index (χ1v) is 11.6. The summed E-state index contributed by atoms with van der Waals surface area (Å²) in [5.74, 6) is 0.754. The van der Waals surface area contributed by atoms with E-state index in [0.717, 1.165) is 71.4 Å². The first kappa shape index (κ1) is 24.0. The Balaban J connectivity index is 1.66. The molecule has 1 aromatic carbocycles. The molecule has 2 saturated heterocycles. The lowest BCUT2D eigenvalue weighted by Gasteiger charge is -2.39. The zero-order valence-corrected chi connectivity index (χ0v) is 19.5. The minimum Gasteiger partial charge on any atom is -0.387 e. The van der Waals surface area contributed by atoms with Gasteiger partial charge in [0.05, 0.1) is 25.4 Å². The molecule has 0 spiro atoms. The molecule has 2 heterocycles. The zero-order chi connectivity index (χ0) is 22.2.